The topological polar surface area (TPSA) is 39.4 Å². The molecule has 104 valence electrons. The third kappa shape index (κ3) is 2.34. The molecular weight excluding hydrogens is 264 g/mol. The van der Waals surface area contributed by atoms with E-state index in [0.29, 0.717) is 16.9 Å². The minimum Gasteiger partial charge on any atom is -0.465 e. The first-order chi connectivity index (χ1) is 10.2. The van der Waals surface area contributed by atoms with E-state index in [9.17, 15) is 4.79 Å². The second-order valence-corrected chi connectivity index (χ2v) is 4.65. The first-order valence-electron chi connectivity index (χ1n) is 6.56. The van der Waals surface area contributed by atoms with Crippen LogP contribution in [-0.2, 0) is 4.74 Å². The van der Waals surface area contributed by atoms with E-state index in [2.05, 4.69) is 6.58 Å². The molecule has 21 heavy (non-hydrogen) atoms. The van der Waals surface area contributed by atoms with Crippen molar-refractivity contribution >= 4 is 23.0 Å². The number of ether oxygens (including phenoxy) is 1. The van der Waals surface area contributed by atoms with E-state index in [4.69, 9.17) is 9.15 Å². The average molecular weight is 278 g/mol. The van der Waals surface area contributed by atoms with E-state index in [0.717, 1.165) is 16.5 Å². The van der Waals surface area contributed by atoms with Gasteiger partial charge in [-0.25, -0.2) is 4.79 Å². The summed E-state index contributed by atoms with van der Waals surface area (Å²) in [7, 11) is 1.36. The number of esters is 1. The predicted molar refractivity (Wildman–Crippen MR) is 83.1 cm³/mol. The molecule has 0 bridgehead atoms. The Balaban J connectivity index is 2.28. The summed E-state index contributed by atoms with van der Waals surface area (Å²) in [5.74, 6) is 0.211. The fraction of sp³-hybridized carbons (Fsp3) is 0.0556. The largest absolute Gasteiger partial charge is 0.465 e. The molecule has 3 rings (SSSR count). The SMILES string of the molecule is C=Cc1cc2cc(-c3ccccc3)cc(C(=O)OC)c2o1. The molecule has 0 unspecified atom stereocenters. The summed E-state index contributed by atoms with van der Waals surface area (Å²) in [5.41, 5.74) is 2.92. The van der Waals surface area contributed by atoms with E-state index in [1.807, 2.05) is 42.5 Å². The van der Waals surface area contributed by atoms with Crippen LogP contribution < -0.4 is 0 Å². The van der Waals surface area contributed by atoms with Gasteiger partial charge in [-0.2, -0.15) is 0 Å². The van der Waals surface area contributed by atoms with Gasteiger partial charge in [0.25, 0.3) is 0 Å². The van der Waals surface area contributed by atoms with Crippen molar-refractivity contribution in [2.24, 2.45) is 0 Å². The molecule has 0 atom stereocenters. The molecule has 3 heteroatoms. The summed E-state index contributed by atoms with van der Waals surface area (Å²) in [5, 5.41) is 0.853. The van der Waals surface area contributed by atoms with Crippen LogP contribution in [0.5, 0.6) is 0 Å². The summed E-state index contributed by atoms with van der Waals surface area (Å²) >= 11 is 0. The normalized spacial score (nSPS) is 10.5. The van der Waals surface area contributed by atoms with Gasteiger partial charge in [0.05, 0.1) is 7.11 Å². The Hall–Kier alpha value is -2.81. The molecule has 3 aromatic rings. The first kappa shape index (κ1) is 13.2. The Bertz CT molecular complexity index is 813. The standard InChI is InChI=1S/C18H14O3/c1-3-15-10-14-9-13(12-7-5-4-6-8-12)11-16(17(14)21-15)18(19)20-2/h3-11H,1H2,2H3. The lowest BCUT2D eigenvalue weighted by Crippen LogP contribution is -2.01. The second kappa shape index (κ2) is 5.29. The molecule has 0 amide bonds. The van der Waals surface area contributed by atoms with Crippen molar-refractivity contribution in [1.82, 2.24) is 0 Å². The van der Waals surface area contributed by atoms with Crippen molar-refractivity contribution in [3.8, 4) is 11.1 Å². The smallest absolute Gasteiger partial charge is 0.341 e. The first-order valence-corrected chi connectivity index (χ1v) is 6.56. The molecule has 1 heterocycles. The number of hydrogen-bond acceptors (Lipinski definition) is 3. The number of methoxy groups -OCH3 is 1. The van der Waals surface area contributed by atoms with Crippen LogP contribution in [0.15, 0.2) is 59.5 Å². The van der Waals surface area contributed by atoms with Crippen LogP contribution in [0.3, 0.4) is 0 Å². The van der Waals surface area contributed by atoms with Gasteiger partial charge in [0.1, 0.15) is 16.9 Å². The Morgan fingerprint density at radius 1 is 1.14 bits per heavy atom. The van der Waals surface area contributed by atoms with E-state index in [1.54, 1.807) is 12.1 Å². The third-order valence-corrected chi connectivity index (χ3v) is 3.35. The summed E-state index contributed by atoms with van der Waals surface area (Å²) in [4.78, 5) is 12.0. The zero-order valence-corrected chi connectivity index (χ0v) is 11.6. The van der Waals surface area contributed by atoms with Crippen molar-refractivity contribution in [1.29, 1.82) is 0 Å². The predicted octanol–water partition coefficient (Wildman–Crippen LogP) is 4.53. The Morgan fingerprint density at radius 2 is 1.90 bits per heavy atom. The van der Waals surface area contributed by atoms with Crippen LogP contribution in [0, 0.1) is 0 Å². The number of carbonyl (C=O) groups excluding carboxylic acids is 1. The van der Waals surface area contributed by atoms with Gasteiger partial charge in [-0.05, 0) is 35.4 Å². The molecule has 1 aromatic heterocycles. The number of furan rings is 1. The average Bonchev–Trinajstić information content (AvgIpc) is 2.97. The lowest BCUT2D eigenvalue weighted by Gasteiger charge is -2.05. The molecular formula is C18H14O3. The van der Waals surface area contributed by atoms with Gasteiger partial charge in [-0.15, -0.1) is 0 Å². The van der Waals surface area contributed by atoms with E-state index in [1.165, 1.54) is 7.11 Å². The van der Waals surface area contributed by atoms with Gasteiger partial charge in [-0.1, -0.05) is 36.9 Å². The Kier molecular flexibility index (Phi) is 3.32. The van der Waals surface area contributed by atoms with Crippen molar-refractivity contribution in [3.63, 3.8) is 0 Å². The molecule has 0 saturated heterocycles. The molecule has 2 aromatic carbocycles. The van der Waals surface area contributed by atoms with Crippen LogP contribution in [0.4, 0.5) is 0 Å². The van der Waals surface area contributed by atoms with Crippen LogP contribution in [0.25, 0.3) is 28.2 Å². The van der Waals surface area contributed by atoms with Crippen LogP contribution in [0.1, 0.15) is 16.1 Å². The molecule has 0 fully saturated rings. The highest BCUT2D eigenvalue weighted by atomic mass is 16.5. The zero-order chi connectivity index (χ0) is 14.8. The van der Waals surface area contributed by atoms with Gasteiger partial charge in [-0.3, -0.25) is 0 Å². The van der Waals surface area contributed by atoms with Crippen LogP contribution >= 0.6 is 0 Å². The molecule has 0 N–H and O–H groups in total. The monoisotopic (exact) mass is 278 g/mol. The van der Waals surface area contributed by atoms with E-state index < -0.39 is 5.97 Å². The highest BCUT2D eigenvalue weighted by Gasteiger charge is 2.16. The highest BCUT2D eigenvalue weighted by molar-refractivity contribution is 6.04. The van der Waals surface area contributed by atoms with Gasteiger partial charge in [0.15, 0.2) is 0 Å². The molecule has 0 aliphatic rings. The van der Waals surface area contributed by atoms with Crippen molar-refractivity contribution in [2.45, 2.75) is 0 Å². The fourth-order valence-electron chi connectivity index (χ4n) is 2.33. The Morgan fingerprint density at radius 3 is 2.57 bits per heavy atom. The maximum Gasteiger partial charge on any atom is 0.341 e. The molecule has 0 saturated carbocycles. The number of carbonyl (C=O) groups is 1. The van der Waals surface area contributed by atoms with Crippen LogP contribution in [0.2, 0.25) is 0 Å². The van der Waals surface area contributed by atoms with Gasteiger partial charge >= 0.3 is 5.97 Å². The second-order valence-electron chi connectivity index (χ2n) is 4.65. The van der Waals surface area contributed by atoms with E-state index in [-0.39, 0.29) is 0 Å². The summed E-state index contributed by atoms with van der Waals surface area (Å²) in [6, 6.07) is 15.5. The summed E-state index contributed by atoms with van der Waals surface area (Å²) in [6.45, 7) is 3.69. The van der Waals surface area contributed by atoms with Gasteiger partial charge in [0.2, 0.25) is 0 Å². The minimum absolute atomic E-state index is 0.414. The van der Waals surface area contributed by atoms with Crippen molar-refractivity contribution in [3.05, 3.63) is 66.4 Å². The van der Waals surface area contributed by atoms with Crippen molar-refractivity contribution < 1.29 is 13.9 Å². The number of fused-ring (bicyclic) bond motifs is 1. The maximum atomic E-state index is 12.0. The third-order valence-electron chi connectivity index (χ3n) is 3.35. The lowest BCUT2D eigenvalue weighted by atomic mass is 10.0. The lowest BCUT2D eigenvalue weighted by molar-refractivity contribution is 0.0602. The molecule has 0 spiro atoms. The summed E-state index contributed by atoms with van der Waals surface area (Å²) < 4.78 is 10.5. The summed E-state index contributed by atoms with van der Waals surface area (Å²) in [6.07, 6.45) is 1.61. The number of benzene rings is 2. The van der Waals surface area contributed by atoms with Crippen molar-refractivity contribution in [2.75, 3.05) is 7.11 Å². The quantitative estimate of drug-likeness (QED) is 0.661. The maximum absolute atomic E-state index is 12.0. The minimum atomic E-state index is -0.414. The molecule has 0 aliphatic heterocycles. The fourth-order valence-corrected chi connectivity index (χ4v) is 2.33. The van der Waals surface area contributed by atoms with Gasteiger partial charge in [0, 0.05) is 5.39 Å². The number of rotatable bonds is 3. The molecule has 0 aliphatic carbocycles. The van der Waals surface area contributed by atoms with Crippen LogP contribution in [-0.4, -0.2) is 13.1 Å². The molecule has 3 nitrogen and oxygen atoms in total. The molecule has 0 radical (unpaired) electrons. The Labute approximate surface area is 122 Å². The van der Waals surface area contributed by atoms with Gasteiger partial charge < -0.3 is 9.15 Å². The number of hydrogen-bond donors (Lipinski definition) is 0. The zero-order valence-electron chi connectivity index (χ0n) is 11.6. The van der Waals surface area contributed by atoms with E-state index >= 15 is 0 Å². The highest BCUT2D eigenvalue weighted by Crippen LogP contribution is 2.30.